The van der Waals surface area contributed by atoms with Crippen LogP contribution < -0.4 is 20.3 Å². The van der Waals surface area contributed by atoms with Gasteiger partial charge in [-0.25, -0.2) is 0 Å². The van der Waals surface area contributed by atoms with Gasteiger partial charge in [-0.2, -0.15) is 0 Å². The average Bonchev–Trinajstić information content (AvgIpc) is 3.52. The zero-order valence-corrected chi connectivity index (χ0v) is 17.5. The van der Waals surface area contributed by atoms with Crippen LogP contribution >= 0.6 is 0 Å². The molecule has 1 aliphatic carbocycles. The van der Waals surface area contributed by atoms with Gasteiger partial charge in [-0.15, -0.1) is 0 Å². The second-order valence-corrected chi connectivity index (χ2v) is 8.14. The molecule has 1 aliphatic heterocycles. The third-order valence-corrected chi connectivity index (χ3v) is 5.72. The van der Waals surface area contributed by atoms with Crippen LogP contribution in [0.2, 0.25) is 0 Å². The summed E-state index contributed by atoms with van der Waals surface area (Å²) >= 11 is 0. The van der Waals surface area contributed by atoms with Crippen LogP contribution in [0, 0.1) is 5.92 Å². The molecule has 4 rings (SSSR count). The van der Waals surface area contributed by atoms with Crippen molar-refractivity contribution < 1.29 is 19.1 Å². The predicted molar refractivity (Wildman–Crippen MR) is 117 cm³/mol. The number of nitrogens with zero attached hydrogens (tertiary/aromatic N) is 1. The molecule has 2 aliphatic rings. The summed E-state index contributed by atoms with van der Waals surface area (Å²) in [6, 6.07) is 16.3. The Morgan fingerprint density at radius 3 is 2.45 bits per heavy atom. The minimum absolute atomic E-state index is 0.104. The van der Waals surface area contributed by atoms with Crippen LogP contribution in [-0.4, -0.2) is 43.5 Å². The maximum atomic E-state index is 13.0. The quantitative estimate of drug-likeness (QED) is 0.683. The topological polar surface area (TPSA) is 87.7 Å². The number of methoxy groups -OCH3 is 1. The summed E-state index contributed by atoms with van der Waals surface area (Å²) in [7, 11) is 1.58. The molecule has 0 radical (unpaired) electrons. The summed E-state index contributed by atoms with van der Waals surface area (Å²) in [6.45, 7) is 0.291. The van der Waals surface area contributed by atoms with Gasteiger partial charge in [-0.05, 0) is 42.7 Å². The summed E-state index contributed by atoms with van der Waals surface area (Å²) in [5.74, 6) is -0.337. The van der Waals surface area contributed by atoms with E-state index in [9.17, 15) is 14.4 Å². The number of benzene rings is 2. The molecule has 1 saturated carbocycles. The highest BCUT2D eigenvalue weighted by Gasteiger charge is 2.37. The number of carbonyl (C=O) groups is 3. The molecule has 0 aromatic heterocycles. The Bertz CT molecular complexity index is 941. The van der Waals surface area contributed by atoms with Gasteiger partial charge in [0.1, 0.15) is 11.8 Å². The summed E-state index contributed by atoms with van der Waals surface area (Å²) in [6.07, 6.45) is 2.49. The first-order chi connectivity index (χ1) is 15.0. The number of nitrogens with one attached hydrogen (secondary N) is 2. The van der Waals surface area contributed by atoms with E-state index < -0.39 is 12.0 Å². The number of amides is 3. The zero-order valence-electron chi connectivity index (χ0n) is 17.5. The molecule has 1 heterocycles. The molecule has 2 aromatic carbocycles. The van der Waals surface area contributed by atoms with Crippen molar-refractivity contribution in [2.45, 2.75) is 37.8 Å². The lowest BCUT2D eigenvalue weighted by atomic mass is 10.0. The Morgan fingerprint density at radius 2 is 1.81 bits per heavy atom. The first-order valence-corrected chi connectivity index (χ1v) is 10.6. The minimum atomic E-state index is -0.666. The van der Waals surface area contributed by atoms with Crippen molar-refractivity contribution in [3.05, 3.63) is 60.2 Å². The zero-order chi connectivity index (χ0) is 21.8. The Morgan fingerprint density at radius 1 is 1.10 bits per heavy atom. The fourth-order valence-corrected chi connectivity index (χ4v) is 3.77. The van der Waals surface area contributed by atoms with Gasteiger partial charge < -0.3 is 20.3 Å². The van der Waals surface area contributed by atoms with Crippen LogP contribution in [0.5, 0.6) is 5.75 Å². The fraction of sp³-hybridized carbons (Fsp3) is 0.375. The van der Waals surface area contributed by atoms with Crippen LogP contribution in [0.15, 0.2) is 54.6 Å². The third-order valence-electron chi connectivity index (χ3n) is 5.72. The molecule has 2 N–H and O–H groups in total. The smallest absolute Gasteiger partial charge is 0.243 e. The van der Waals surface area contributed by atoms with E-state index >= 15 is 0 Å². The molecule has 7 nitrogen and oxygen atoms in total. The number of hydrogen-bond acceptors (Lipinski definition) is 4. The fourth-order valence-electron chi connectivity index (χ4n) is 3.77. The van der Waals surface area contributed by atoms with E-state index in [-0.39, 0.29) is 30.2 Å². The van der Waals surface area contributed by atoms with Gasteiger partial charge in [0.25, 0.3) is 0 Å². The van der Waals surface area contributed by atoms with Crippen molar-refractivity contribution in [2.24, 2.45) is 5.92 Å². The Balaban J connectivity index is 1.42. The van der Waals surface area contributed by atoms with Crippen LogP contribution in [0.3, 0.4) is 0 Å². The molecule has 2 fully saturated rings. The molecule has 3 amide bonds. The second kappa shape index (κ2) is 9.20. The molecule has 31 heavy (non-hydrogen) atoms. The van der Waals surface area contributed by atoms with Crippen molar-refractivity contribution in [2.75, 3.05) is 18.6 Å². The lowest BCUT2D eigenvalue weighted by molar-refractivity contribution is -0.131. The van der Waals surface area contributed by atoms with E-state index in [2.05, 4.69) is 10.6 Å². The molecule has 162 valence electrons. The molecule has 7 heteroatoms. The number of carbonyl (C=O) groups excluding carboxylic acids is 3. The first kappa shape index (κ1) is 20.9. The largest absolute Gasteiger partial charge is 0.497 e. The highest BCUT2D eigenvalue weighted by Crippen LogP contribution is 2.27. The molecule has 0 spiro atoms. The van der Waals surface area contributed by atoms with Crippen LogP contribution in [-0.2, 0) is 20.8 Å². The van der Waals surface area contributed by atoms with Crippen molar-refractivity contribution in [3.8, 4) is 5.75 Å². The van der Waals surface area contributed by atoms with Crippen molar-refractivity contribution in [1.29, 1.82) is 0 Å². The van der Waals surface area contributed by atoms with Gasteiger partial charge in [0.05, 0.1) is 13.0 Å². The summed E-state index contributed by atoms with van der Waals surface area (Å²) < 4.78 is 5.16. The number of rotatable bonds is 8. The van der Waals surface area contributed by atoms with Crippen molar-refractivity contribution in [3.63, 3.8) is 0 Å². The van der Waals surface area contributed by atoms with Gasteiger partial charge in [-0.3, -0.25) is 14.4 Å². The summed E-state index contributed by atoms with van der Waals surface area (Å²) in [5, 5.41) is 5.88. The Labute approximate surface area is 181 Å². The second-order valence-electron chi connectivity index (χ2n) is 8.14. The van der Waals surface area contributed by atoms with Crippen molar-refractivity contribution >= 4 is 23.4 Å². The van der Waals surface area contributed by atoms with Crippen LogP contribution in [0.4, 0.5) is 5.69 Å². The van der Waals surface area contributed by atoms with E-state index in [1.807, 2.05) is 30.3 Å². The van der Waals surface area contributed by atoms with Gasteiger partial charge in [-0.1, -0.05) is 30.3 Å². The average molecular weight is 421 g/mol. The van der Waals surface area contributed by atoms with Gasteiger partial charge in [0.15, 0.2) is 0 Å². The molecular weight excluding hydrogens is 394 g/mol. The third kappa shape index (κ3) is 5.23. The van der Waals surface area contributed by atoms with Crippen LogP contribution in [0.25, 0.3) is 0 Å². The molecule has 1 saturated heterocycles. The van der Waals surface area contributed by atoms with E-state index in [4.69, 9.17) is 4.74 Å². The Kier molecular flexibility index (Phi) is 6.21. The number of hydrogen-bond donors (Lipinski definition) is 2. The van der Waals surface area contributed by atoms with E-state index in [1.54, 1.807) is 36.3 Å². The summed E-state index contributed by atoms with van der Waals surface area (Å²) in [5.41, 5.74) is 1.70. The van der Waals surface area contributed by atoms with Gasteiger partial charge >= 0.3 is 0 Å². The standard InChI is InChI=1S/C24H27N3O4/c1-31-20-11-9-19(10-12-20)27-15-17(14-22(27)28)23(29)26-21(24(30)25-18-7-8-18)13-16-5-3-2-4-6-16/h2-6,9-12,17-18,21H,7-8,13-15H2,1H3,(H,25,30)(H,26,29). The van der Waals surface area contributed by atoms with E-state index in [1.165, 1.54) is 0 Å². The minimum Gasteiger partial charge on any atom is -0.497 e. The van der Waals surface area contributed by atoms with E-state index in [0.29, 0.717) is 18.7 Å². The maximum absolute atomic E-state index is 13.0. The molecule has 2 atom stereocenters. The highest BCUT2D eigenvalue weighted by atomic mass is 16.5. The normalized spacial score (nSPS) is 19.1. The lowest BCUT2D eigenvalue weighted by Crippen LogP contribution is -2.50. The molecule has 2 aromatic rings. The predicted octanol–water partition coefficient (Wildman–Crippen LogP) is 2.05. The molecular formula is C24H27N3O4. The SMILES string of the molecule is COc1ccc(N2CC(C(=O)NC(Cc3ccccc3)C(=O)NC3CC3)CC2=O)cc1. The highest BCUT2D eigenvalue weighted by molar-refractivity contribution is 6.01. The monoisotopic (exact) mass is 421 g/mol. The van der Waals surface area contributed by atoms with Gasteiger partial charge in [0.2, 0.25) is 17.7 Å². The van der Waals surface area contributed by atoms with Gasteiger partial charge in [0, 0.05) is 31.1 Å². The maximum Gasteiger partial charge on any atom is 0.243 e. The molecule has 0 bridgehead atoms. The van der Waals surface area contributed by atoms with E-state index in [0.717, 1.165) is 24.1 Å². The number of ether oxygens (including phenoxy) is 1. The van der Waals surface area contributed by atoms with Crippen LogP contribution in [0.1, 0.15) is 24.8 Å². The Hall–Kier alpha value is -3.35. The molecule has 2 unspecified atom stereocenters. The lowest BCUT2D eigenvalue weighted by Gasteiger charge is -2.21. The van der Waals surface area contributed by atoms with Crippen molar-refractivity contribution in [1.82, 2.24) is 10.6 Å². The summed E-state index contributed by atoms with van der Waals surface area (Å²) in [4.78, 5) is 39.9. The first-order valence-electron chi connectivity index (χ1n) is 10.6. The number of anilines is 1.